The molecule has 0 aliphatic carbocycles. The maximum absolute atomic E-state index is 12.5. The number of alkyl halides is 3. The van der Waals surface area contributed by atoms with Gasteiger partial charge in [-0.3, -0.25) is 4.98 Å². The summed E-state index contributed by atoms with van der Waals surface area (Å²) in [6.07, 6.45) is -5.18. The van der Waals surface area contributed by atoms with Gasteiger partial charge >= 0.3 is 12.5 Å². The van der Waals surface area contributed by atoms with E-state index >= 15 is 0 Å². The van der Waals surface area contributed by atoms with E-state index in [1.54, 1.807) is 45.2 Å². The molecule has 182 valence electrons. The van der Waals surface area contributed by atoms with Gasteiger partial charge in [0.2, 0.25) is 0 Å². The molecular formula is C24H25F3N2O5. The van der Waals surface area contributed by atoms with E-state index in [9.17, 15) is 28.2 Å². The standard InChI is InChI=1S/C24H25F3N2O5/c1-23(2,3)34-22(32)29-12-15-11-18(14-6-8-16(9-7-14)33-24(25,26)27)21-17(5-4-10-28-21)20(15)19(31)13-30/h4-11,19,30-31H,12-13H2,1-3H3,(H,29,32)/t19-/m0/s1. The topological polar surface area (TPSA) is 101 Å². The summed E-state index contributed by atoms with van der Waals surface area (Å²) in [7, 11) is 0. The summed E-state index contributed by atoms with van der Waals surface area (Å²) < 4.78 is 46.7. The number of alkyl carbamates (subject to hydrolysis) is 1. The average molecular weight is 478 g/mol. The third-order valence-electron chi connectivity index (χ3n) is 4.74. The summed E-state index contributed by atoms with van der Waals surface area (Å²) in [5.74, 6) is -0.368. The van der Waals surface area contributed by atoms with Crippen LogP contribution in [0.4, 0.5) is 18.0 Å². The molecule has 1 atom stereocenters. The highest BCUT2D eigenvalue weighted by Crippen LogP contribution is 2.36. The predicted molar refractivity (Wildman–Crippen MR) is 119 cm³/mol. The Bertz CT molecular complexity index is 1160. The highest BCUT2D eigenvalue weighted by atomic mass is 19.4. The molecule has 1 amide bonds. The van der Waals surface area contributed by atoms with Crippen LogP contribution < -0.4 is 10.1 Å². The lowest BCUT2D eigenvalue weighted by Crippen LogP contribution is -2.32. The van der Waals surface area contributed by atoms with Crippen molar-refractivity contribution < 1.29 is 37.7 Å². The van der Waals surface area contributed by atoms with Gasteiger partial charge in [0.25, 0.3) is 0 Å². The Morgan fingerprint density at radius 2 is 1.82 bits per heavy atom. The number of fused-ring (bicyclic) bond motifs is 1. The Hall–Kier alpha value is -3.37. The normalized spacial score (nSPS) is 12.9. The van der Waals surface area contributed by atoms with Crippen molar-refractivity contribution in [3.63, 3.8) is 0 Å². The Labute approximate surface area is 194 Å². The first-order valence-corrected chi connectivity index (χ1v) is 10.4. The number of benzene rings is 2. The van der Waals surface area contributed by atoms with Crippen molar-refractivity contribution in [3.05, 3.63) is 59.8 Å². The highest BCUT2D eigenvalue weighted by Gasteiger charge is 2.31. The van der Waals surface area contributed by atoms with Crippen molar-refractivity contribution in [2.45, 2.75) is 45.4 Å². The number of amides is 1. The number of carbonyl (C=O) groups excluding carboxylic acids is 1. The molecule has 3 rings (SSSR count). The van der Waals surface area contributed by atoms with Crippen LogP contribution in [0.1, 0.15) is 38.0 Å². The number of rotatable bonds is 6. The number of hydrogen-bond donors (Lipinski definition) is 3. The van der Waals surface area contributed by atoms with Crippen LogP contribution in [0.5, 0.6) is 5.75 Å². The van der Waals surface area contributed by atoms with E-state index in [1.165, 1.54) is 24.3 Å². The van der Waals surface area contributed by atoms with Crippen molar-refractivity contribution in [3.8, 4) is 16.9 Å². The van der Waals surface area contributed by atoms with Gasteiger partial charge in [-0.05, 0) is 61.7 Å². The van der Waals surface area contributed by atoms with E-state index in [0.717, 1.165) is 0 Å². The fraction of sp³-hybridized carbons (Fsp3) is 0.333. The van der Waals surface area contributed by atoms with Crippen molar-refractivity contribution in [2.24, 2.45) is 0 Å². The molecule has 1 heterocycles. The van der Waals surface area contributed by atoms with E-state index in [4.69, 9.17) is 4.74 Å². The fourth-order valence-electron chi connectivity index (χ4n) is 3.50. The SMILES string of the molecule is CC(C)(C)OC(=O)NCc1cc(-c2ccc(OC(F)(F)F)cc2)c2ncccc2c1[C@@H](O)CO. The third-order valence-corrected chi connectivity index (χ3v) is 4.74. The van der Waals surface area contributed by atoms with Gasteiger partial charge in [0.1, 0.15) is 17.5 Å². The first kappa shape index (κ1) is 25.3. The molecule has 0 radical (unpaired) electrons. The summed E-state index contributed by atoms with van der Waals surface area (Å²) in [5, 5.41) is 23.3. The van der Waals surface area contributed by atoms with Crippen molar-refractivity contribution in [1.29, 1.82) is 0 Å². The Morgan fingerprint density at radius 1 is 1.15 bits per heavy atom. The summed E-state index contributed by atoms with van der Waals surface area (Å²) in [5.41, 5.74) is 1.72. The quantitative estimate of drug-likeness (QED) is 0.468. The second kappa shape index (κ2) is 9.86. The molecule has 0 saturated heterocycles. The number of aliphatic hydroxyl groups excluding tert-OH is 2. The second-order valence-corrected chi connectivity index (χ2v) is 8.52. The Morgan fingerprint density at radius 3 is 2.41 bits per heavy atom. The average Bonchev–Trinajstić information content (AvgIpc) is 2.74. The van der Waals surface area contributed by atoms with Crippen molar-refractivity contribution >= 4 is 17.0 Å². The first-order valence-electron chi connectivity index (χ1n) is 10.4. The van der Waals surface area contributed by atoms with E-state index in [-0.39, 0.29) is 12.3 Å². The molecule has 0 saturated carbocycles. The number of hydrogen-bond acceptors (Lipinski definition) is 6. The smallest absolute Gasteiger partial charge is 0.444 e. The molecule has 3 aromatic rings. The fourth-order valence-corrected chi connectivity index (χ4v) is 3.50. The van der Waals surface area contributed by atoms with Gasteiger partial charge in [0.15, 0.2) is 0 Å². The zero-order valence-electron chi connectivity index (χ0n) is 18.8. The van der Waals surface area contributed by atoms with Crippen LogP contribution in [0.3, 0.4) is 0 Å². The molecule has 0 spiro atoms. The third kappa shape index (κ3) is 6.36. The molecule has 0 bridgehead atoms. The lowest BCUT2D eigenvalue weighted by atomic mass is 9.91. The molecule has 0 aliphatic heterocycles. The van der Waals surface area contributed by atoms with Gasteiger partial charge in [0, 0.05) is 23.7 Å². The number of aromatic nitrogens is 1. The van der Waals surface area contributed by atoms with Gasteiger partial charge in [-0.2, -0.15) is 0 Å². The summed E-state index contributed by atoms with van der Waals surface area (Å²) in [6, 6.07) is 10.3. The zero-order valence-corrected chi connectivity index (χ0v) is 18.8. The van der Waals surface area contributed by atoms with Gasteiger partial charge in [0.05, 0.1) is 12.1 Å². The summed E-state index contributed by atoms with van der Waals surface area (Å²) in [4.78, 5) is 16.6. The molecule has 0 aliphatic rings. The number of ether oxygens (including phenoxy) is 2. The van der Waals surface area contributed by atoms with Crippen LogP contribution in [-0.4, -0.2) is 39.9 Å². The van der Waals surface area contributed by atoms with E-state index in [2.05, 4.69) is 15.0 Å². The molecule has 7 nitrogen and oxygen atoms in total. The maximum atomic E-state index is 12.5. The predicted octanol–water partition coefficient (Wildman–Crippen LogP) is 4.85. The molecule has 2 aromatic carbocycles. The number of pyridine rings is 1. The molecule has 34 heavy (non-hydrogen) atoms. The van der Waals surface area contributed by atoms with Crippen LogP contribution in [0.25, 0.3) is 22.0 Å². The minimum absolute atomic E-state index is 0.0333. The first-order chi connectivity index (χ1) is 15.9. The molecular weight excluding hydrogens is 453 g/mol. The zero-order chi connectivity index (χ0) is 25.1. The van der Waals surface area contributed by atoms with Crippen LogP contribution in [-0.2, 0) is 11.3 Å². The molecule has 1 aromatic heterocycles. The number of aliphatic hydroxyl groups is 2. The van der Waals surface area contributed by atoms with Crippen LogP contribution in [0.15, 0.2) is 48.7 Å². The maximum Gasteiger partial charge on any atom is 0.573 e. The minimum Gasteiger partial charge on any atom is -0.444 e. The van der Waals surface area contributed by atoms with Crippen molar-refractivity contribution in [1.82, 2.24) is 10.3 Å². The monoisotopic (exact) mass is 478 g/mol. The summed E-state index contributed by atoms with van der Waals surface area (Å²) >= 11 is 0. The highest BCUT2D eigenvalue weighted by molar-refractivity contribution is 5.97. The van der Waals surface area contributed by atoms with Gasteiger partial charge in [-0.1, -0.05) is 18.2 Å². The van der Waals surface area contributed by atoms with Gasteiger partial charge in [-0.15, -0.1) is 13.2 Å². The lowest BCUT2D eigenvalue weighted by molar-refractivity contribution is -0.274. The van der Waals surface area contributed by atoms with E-state index < -0.39 is 30.8 Å². The Balaban J connectivity index is 2.07. The molecule has 0 fully saturated rings. The van der Waals surface area contributed by atoms with Gasteiger partial charge in [-0.25, -0.2) is 4.79 Å². The minimum atomic E-state index is -4.81. The van der Waals surface area contributed by atoms with Crippen LogP contribution in [0.2, 0.25) is 0 Å². The number of nitrogens with zero attached hydrogens (tertiary/aromatic N) is 1. The largest absolute Gasteiger partial charge is 0.573 e. The van der Waals surface area contributed by atoms with Crippen LogP contribution in [0, 0.1) is 0 Å². The number of nitrogens with one attached hydrogen (secondary N) is 1. The molecule has 3 N–H and O–H groups in total. The second-order valence-electron chi connectivity index (χ2n) is 8.52. The van der Waals surface area contributed by atoms with Crippen LogP contribution >= 0.6 is 0 Å². The number of halogens is 3. The molecule has 10 heteroatoms. The summed E-state index contributed by atoms with van der Waals surface area (Å²) in [6.45, 7) is 4.57. The van der Waals surface area contributed by atoms with Gasteiger partial charge < -0.3 is 25.0 Å². The van der Waals surface area contributed by atoms with E-state index in [0.29, 0.717) is 33.2 Å². The lowest BCUT2D eigenvalue weighted by Gasteiger charge is -2.22. The molecule has 0 unspecified atom stereocenters. The van der Waals surface area contributed by atoms with Crippen molar-refractivity contribution in [2.75, 3.05) is 6.61 Å². The van der Waals surface area contributed by atoms with E-state index in [1.807, 2.05) is 0 Å². The number of carbonyl (C=O) groups is 1. The Kier molecular flexibility index (Phi) is 7.32.